The summed E-state index contributed by atoms with van der Waals surface area (Å²) in [4.78, 5) is 43.0. The van der Waals surface area contributed by atoms with Gasteiger partial charge in [0.15, 0.2) is 0 Å². The fraction of sp³-hybridized carbons (Fsp3) is 0.833. The first-order valence-corrected chi connectivity index (χ1v) is 9.26. The SMILES string of the molecule is CC(C)CN(C(=O)CN1C(=O)N(C)C2(CCCCC2)C1=O)C1CC1. The normalized spacial score (nSPS) is 23.5. The Morgan fingerprint density at radius 1 is 1.21 bits per heavy atom. The van der Waals surface area contributed by atoms with E-state index in [2.05, 4.69) is 13.8 Å². The number of carbonyl (C=O) groups excluding carboxylic acids is 3. The van der Waals surface area contributed by atoms with Gasteiger partial charge in [-0.25, -0.2) is 4.79 Å². The van der Waals surface area contributed by atoms with Crippen LogP contribution in [0.1, 0.15) is 58.8 Å². The number of likely N-dealkylation sites (N-methyl/N-ethyl adjacent to an activating group) is 1. The second kappa shape index (κ2) is 6.37. The third kappa shape index (κ3) is 2.91. The third-order valence-electron chi connectivity index (χ3n) is 5.65. The molecule has 0 aromatic rings. The van der Waals surface area contributed by atoms with Crippen molar-refractivity contribution < 1.29 is 14.4 Å². The van der Waals surface area contributed by atoms with E-state index in [0.29, 0.717) is 18.5 Å². The van der Waals surface area contributed by atoms with Crippen LogP contribution in [0.2, 0.25) is 0 Å². The molecule has 0 unspecified atom stereocenters. The summed E-state index contributed by atoms with van der Waals surface area (Å²) in [7, 11) is 1.71. The molecule has 1 heterocycles. The topological polar surface area (TPSA) is 60.9 Å². The number of imide groups is 1. The molecule has 6 heteroatoms. The maximum Gasteiger partial charge on any atom is 0.327 e. The Kier molecular flexibility index (Phi) is 4.58. The average molecular weight is 335 g/mol. The highest BCUT2D eigenvalue weighted by Gasteiger charge is 2.56. The van der Waals surface area contributed by atoms with Gasteiger partial charge < -0.3 is 9.80 Å². The smallest absolute Gasteiger partial charge is 0.327 e. The van der Waals surface area contributed by atoms with Crippen molar-refractivity contribution in [1.29, 1.82) is 0 Å². The van der Waals surface area contributed by atoms with Crippen LogP contribution in [-0.4, -0.2) is 64.3 Å². The molecule has 0 radical (unpaired) electrons. The van der Waals surface area contributed by atoms with Gasteiger partial charge in [0.25, 0.3) is 5.91 Å². The molecule has 2 aliphatic carbocycles. The Bertz CT molecular complexity index is 536. The van der Waals surface area contributed by atoms with E-state index in [-0.39, 0.29) is 24.4 Å². The fourth-order valence-corrected chi connectivity index (χ4v) is 4.13. The number of carbonyl (C=O) groups is 3. The number of hydrogen-bond donors (Lipinski definition) is 0. The van der Waals surface area contributed by atoms with Gasteiger partial charge in [0.05, 0.1) is 0 Å². The molecule has 24 heavy (non-hydrogen) atoms. The maximum absolute atomic E-state index is 13.0. The van der Waals surface area contributed by atoms with Crippen molar-refractivity contribution >= 4 is 17.8 Å². The van der Waals surface area contributed by atoms with E-state index >= 15 is 0 Å². The van der Waals surface area contributed by atoms with E-state index < -0.39 is 5.54 Å². The maximum atomic E-state index is 13.0. The molecule has 6 nitrogen and oxygen atoms in total. The summed E-state index contributed by atoms with van der Waals surface area (Å²) in [5.74, 6) is 0.129. The van der Waals surface area contributed by atoms with E-state index in [1.807, 2.05) is 4.90 Å². The van der Waals surface area contributed by atoms with Crippen LogP contribution in [0.25, 0.3) is 0 Å². The minimum absolute atomic E-state index is 0.0887. The summed E-state index contributed by atoms with van der Waals surface area (Å²) in [5, 5.41) is 0. The van der Waals surface area contributed by atoms with Gasteiger partial charge in [-0.2, -0.15) is 0 Å². The Balaban J connectivity index is 1.73. The standard InChI is InChI=1S/C18H29N3O3/c1-13(2)11-20(14-7-8-14)15(22)12-21-16(23)18(19(3)17(21)24)9-5-4-6-10-18/h13-14H,4-12H2,1-3H3. The third-order valence-corrected chi connectivity index (χ3v) is 5.65. The van der Waals surface area contributed by atoms with Gasteiger partial charge in [0, 0.05) is 19.6 Å². The van der Waals surface area contributed by atoms with Crippen LogP contribution >= 0.6 is 0 Å². The summed E-state index contributed by atoms with van der Waals surface area (Å²) in [6.07, 6.45) is 6.54. The Hall–Kier alpha value is -1.59. The molecular formula is C18H29N3O3. The molecule has 1 saturated heterocycles. The predicted octanol–water partition coefficient (Wildman–Crippen LogP) is 2.23. The van der Waals surface area contributed by atoms with E-state index in [1.165, 1.54) is 4.90 Å². The monoisotopic (exact) mass is 335 g/mol. The van der Waals surface area contributed by atoms with Gasteiger partial charge in [0.2, 0.25) is 5.91 Å². The molecule has 2 saturated carbocycles. The number of urea groups is 1. The first-order valence-electron chi connectivity index (χ1n) is 9.26. The summed E-state index contributed by atoms with van der Waals surface area (Å²) >= 11 is 0. The minimum Gasteiger partial charge on any atom is -0.338 e. The zero-order valence-corrected chi connectivity index (χ0v) is 15.1. The first-order chi connectivity index (χ1) is 11.4. The van der Waals surface area contributed by atoms with Crippen molar-refractivity contribution in [1.82, 2.24) is 14.7 Å². The van der Waals surface area contributed by atoms with Crippen molar-refractivity contribution in [2.45, 2.75) is 70.4 Å². The number of amides is 4. The summed E-state index contributed by atoms with van der Waals surface area (Å²) < 4.78 is 0. The first kappa shape index (κ1) is 17.2. The molecule has 0 aromatic carbocycles. The van der Waals surface area contributed by atoms with Gasteiger partial charge >= 0.3 is 6.03 Å². The van der Waals surface area contributed by atoms with Crippen molar-refractivity contribution in [3.63, 3.8) is 0 Å². The lowest BCUT2D eigenvalue weighted by Gasteiger charge is -2.35. The second-order valence-corrected chi connectivity index (χ2v) is 8.00. The van der Waals surface area contributed by atoms with Gasteiger partial charge in [-0.15, -0.1) is 0 Å². The lowest BCUT2D eigenvalue weighted by molar-refractivity contribution is -0.141. The lowest BCUT2D eigenvalue weighted by Crippen LogP contribution is -2.50. The van der Waals surface area contributed by atoms with E-state index in [4.69, 9.17) is 0 Å². The van der Waals surface area contributed by atoms with E-state index in [1.54, 1.807) is 11.9 Å². The van der Waals surface area contributed by atoms with Crippen LogP contribution in [0.5, 0.6) is 0 Å². The highest BCUT2D eigenvalue weighted by Crippen LogP contribution is 2.39. The minimum atomic E-state index is -0.696. The van der Waals surface area contributed by atoms with Gasteiger partial charge in [0.1, 0.15) is 12.1 Å². The quantitative estimate of drug-likeness (QED) is 0.724. The van der Waals surface area contributed by atoms with Crippen LogP contribution in [-0.2, 0) is 9.59 Å². The molecule has 0 bridgehead atoms. The van der Waals surface area contributed by atoms with Gasteiger partial charge in [-0.3, -0.25) is 14.5 Å². The highest BCUT2D eigenvalue weighted by atomic mass is 16.2. The highest BCUT2D eigenvalue weighted by molar-refractivity contribution is 6.09. The van der Waals surface area contributed by atoms with Gasteiger partial charge in [-0.05, 0) is 31.6 Å². The molecule has 1 aliphatic heterocycles. The van der Waals surface area contributed by atoms with Crippen molar-refractivity contribution in [3.05, 3.63) is 0 Å². The lowest BCUT2D eigenvalue weighted by atomic mass is 9.81. The Morgan fingerprint density at radius 2 is 1.83 bits per heavy atom. The molecule has 1 spiro atoms. The van der Waals surface area contributed by atoms with E-state index in [9.17, 15) is 14.4 Å². The van der Waals surface area contributed by atoms with Crippen molar-refractivity contribution in [2.24, 2.45) is 5.92 Å². The Labute approximate surface area is 144 Å². The number of nitrogens with zero attached hydrogens (tertiary/aromatic N) is 3. The predicted molar refractivity (Wildman–Crippen MR) is 90.3 cm³/mol. The average Bonchev–Trinajstić information content (AvgIpc) is 3.38. The van der Waals surface area contributed by atoms with Crippen LogP contribution in [0, 0.1) is 5.92 Å². The second-order valence-electron chi connectivity index (χ2n) is 8.00. The van der Waals surface area contributed by atoms with Gasteiger partial charge in [-0.1, -0.05) is 33.1 Å². The zero-order chi connectivity index (χ0) is 17.5. The molecule has 134 valence electrons. The summed E-state index contributed by atoms with van der Waals surface area (Å²) in [6, 6.07) is -0.00961. The molecule has 4 amide bonds. The molecule has 0 atom stereocenters. The molecule has 0 N–H and O–H groups in total. The molecule has 3 rings (SSSR count). The Morgan fingerprint density at radius 3 is 2.38 bits per heavy atom. The van der Waals surface area contributed by atoms with E-state index in [0.717, 1.165) is 44.9 Å². The zero-order valence-electron chi connectivity index (χ0n) is 15.1. The molecular weight excluding hydrogens is 306 g/mol. The number of hydrogen-bond acceptors (Lipinski definition) is 3. The van der Waals surface area contributed by atoms with Crippen molar-refractivity contribution in [3.8, 4) is 0 Å². The van der Waals surface area contributed by atoms with Crippen LogP contribution in [0.15, 0.2) is 0 Å². The number of rotatable bonds is 5. The molecule has 3 fully saturated rings. The fourth-order valence-electron chi connectivity index (χ4n) is 4.13. The van der Waals surface area contributed by atoms with Crippen LogP contribution in [0.3, 0.4) is 0 Å². The van der Waals surface area contributed by atoms with Crippen LogP contribution < -0.4 is 0 Å². The summed E-state index contributed by atoms with van der Waals surface area (Å²) in [5.41, 5.74) is -0.696. The molecule has 3 aliphatic rings. The molecule has 0 aromatic heterocycles. The summed E-state index contributed by atoms with van der Waals surface area (Å²) in [6.45, 7) is 4.76. The van der Waals surface area contributed by atoms with Crippen molar-refractivity contribution in [2.75, 3.05) is 20.1 Å². The van der Waals surface area contributed by atoms with Crippen LogP contribution in [0.4, 0.5) is 4.79 Å². The largest absolute Gasteiger partial charge is 0.338 e.